The Morgan fingerprint density at radius 3 is 2.47 bits per heavy atom. The van der Waals surface area contributed by atoms with Crippen LogP contribution in [0.5, 0.6) is 11.5 Å². The molecule has 1 aromatic rings. The summed E-state index contributed by atoms with van der Waals surface area (Å²) in [6.07, 6.45) is 3.44. The number of phenols is 1. The molecule has 0 unspecified atom stereocenters. The largest absolute Gasteiger partial charge is 0.508 e. The van der Waals surface area contributed by atoms with Crippen molar-refractivity contribution in [1.82, 2.24) is 5.32 Å². The molecule has 0 aliphatic rings. The Balaban J connectivity index is 1.99. The van der Waals surface area contributed by atoms with Crippen LogP contribution >= 0.6 is 0 Å². The van der Waals surface area contributed by atoms with Crippen LogP contribution in [0.15, 0.2) is 24.3 Å². The summed E-state index contributed by atoms with van der Waals surface area (Å²) in [6.45, 7) is 6.14. The van der Waals surface area contributed by atoms with Gasteiger partial charge in [-0.2, -0.15) is 0 Å². The van der Waals surface area contributed by atoms with Gasteiger partial charge in [-0.3, -0.25) is 0 Å². The topological polar surface area (TPSA) is 41.5 Å². The maximum absolute atomic E-state index is 9.11. The van der Waals surface area contributed by atoms with E-state index in [9.17, 15) is 0 Å². The zero-order valence-corrected chi connectivity index (χ0v) is 10.8. The molecule has 1 aromatic carbocycles. The summed E-state index contributed by atoms with van der Waals surface area (Å²) in [7, 11) is 0. The van der Waals surface area contributed by atoms with Crippen LogP contribution in [0.4, 0.5) is 0 Å². The van der Waals surface area contributed by atoms with Gasteiger partial charge >= 0.3 is 0 Å². The Hall–Kier alpha value is -1.22. The maximum atomic E-state index is 9.11. The zero-order valence-electron chi connectivity index (χ0n) is 10.8. The van der Waals surface area contributed by atoms with Crippen LogP contribution in [0, 0.1) is 0 Å². The first-order valence-electron chi connectivity index (χ1n) is 6.33. The van der Waals surface area contributed by atoms with Crippen LogP contribution in [0.2, 0.25) is 0 Å². The summed E-state index contributed by atoms with van der Waals surface area (Å²) in [5.41, 5.74) is 0. The Bertz CT molecular complexity index is 296. The SMILES string of the molecule is CC(C)NCCCCCOc1ccc(O)cc1. The Kier molecular flexibility index (Phi) is 6.48. The van der Waals surface area contributed by atoms with Gasteiger partial charge in [0.05, 0.1) is 6.61 Å². The summed E-state index contributed by atoms with van der Waals surface area (Å²) in [4.78, 5) is 0. The van der Waals surface area contributed by atoms with Gasteiger partial charge in [-0.25, -0.2) is 0 Å². The highest BCUT2D eigenvalue weighted by Crippen LogP contribution is 2.16. The van der Waals surface area contributed by atoms with Crippen molar-refractivity contribution in [2.24, 2.45) is 0 Å². The van der Waals surface area contributed by atoms with Gasteiger partial charge in [0.1, 0.15) is 11.5 Å². The lowest BCUT2D eigenvalue weighted by Crippen LogP contribution is -2.23. The van der Waals surface area contributed by atoms with E-state index in [0.717, 1.165) is 25.3 Å². The minimum atomic E-state index is 0.275. The van der Waals surface area contributed by atoms with Crippen LogP contribution in [0.25, 0.3) is 0 Å². The molecular weight excluding hydrogens is 214 g/mol. The molecule has 0 aliphatic heterocycles. The molecule has 0 aromatic heterocycles. The highest BCUT2D eigenvalue weighted by molar-refractivity contribution is 5.29. The molecule has 0 atom stereocenters. The molecule has 0 saturated carbocycles. The third-order valence-electron chi connectivity index (χ3n) is 2.48. The Labute approximate surface area is 104 Å². The van der Waals surface area contributed by atoms with Crippen LogP contribution in [-0.2, 0) is 0 Å². The lowest BCUT2D eigenvalue weighted by atomic mass is 10.2. The number of benzene rings is 1. The average molecular weight is 237 g/mol. The van der Waals surface area contributed by atoms with E-state index in [1.807, 2.05) is 0 Å². The van der Waals surface area contributed by atoms with Crippen LogP contribution in [0.3, 0.4) is 0 Å². The third-order valence-corrected chi connectivity index (χ3v) is 2.48. The second-order valence-corrected chi connectivity index (χ2v) is 4.51. The molecule has 17 heavy (non-hydrogen) atoms. The quantitative estimate of drug-likeness (QED) is 0.683. The lowest BCUT2D eigenvalue weighted by molar-refractivity contribution is 0.304. The molecule has 0 saturated heterocycles. The van der Waals surface area contributed by atoms with E-state index < -0.39 is 0 Å². The van der Waals surface area contributed by atoms with Crippen LogP contribution in [0.1, 0.15) is 33.1 Å². The summed E-state index contributed by atoms with van der Waals surface area (Å²) < 4.78 is 5.56. The zero-order chi connectivity index (χ0) is 12.5. The minimum absolute atomic E-state index is 0.275. The average Bonchev–Trinajstić information content (AvgIpc) is 2.30. The molecule has 3 nitrogen and oxygen atoms in total. The summed E-state index contributed by atoms with van der Waals surface area (Å²) in [6, 6.07) is 7.43. The van der Waals surface area contributed by atoms with Gasteiger partial charge in [-0.15, -0.1) is 0 Å². The molecule has 1 rings (SSSR count). The minimum Gasteiger partial charge on any atom is -0.508 e. The number of hydrogen-bond acceptors (Lipinski definition) is 3. The summed E-state index contributed by atoms with van der Waals surface area (Å²) in [5.74, 6) is 1.10. The van der Waals surface area contributed by atoms with Gasteiger partial charge in [0, 0.05) is 6.04 Å². The molecular formula is C14H23NO2. The first kappa shape index (κ1) is 13.8. The van der Waals surface area contributed by atoms with E-state index >= 15 is 0 Å². The van der Waals surface area contributed by atoms with Crippen molar-refractivity contribution < 1.29 is 9.84 Å². The normalized spacial score (nSPS) is 10.8. The molecule has 0 bridgehead atoms. The number of nitrogens with one attached hydrogen (secondary N) is 1. The number of rotatable bonds is 8. The first-order chi connectivity index (χ1) is 8.18. The highest BCUT2D eigenvalue weighted by atomic mass is 16.5. The number of phenolic OH excluding ortho intramolecular Hbond substituents is 1. The fourth-order valence-electron chi connectivity index (χ4n) is 1.53. The summed E-state index contributed by atoms with van der Waals surface area (Å²) in [5, 5.41) is 12.5. The molecule has 0 aliphatic carbocycles. The van der Waals surface area contributed by atoms with Gasteiger partial charge in [0.2, 0.25) is 0 Å². The van der Waals surface area contributed by atoms with Gasteiger partial charge in [-0.05, 0) is 50.1 Å². The van der Waals surface area contributed by atoms with Crippen LogP contribution in [-0.4, -0.2) is 24.3 Å². The van der Waals surface area contributed by atoms with Crippen molar-refractivity contribution in [1.29, 1.82) is 0 Å². The Morgan fingerprint density at radius 2 is 1.82 bits per heavy atom. The molecule has 2 N–H and O–H groups in total. The smallest absolute Gasteiger partial charge is 0.119 e. The second kappa shape index (κ2) is 7.96. The van der Waals surface area contributed by atoms with Crippen molar-refractivity contribution in [2.45, 2.75) is 39.2 Å². The van der Waals surface area contributed by atoms with Gasteiger partial charge in [0.15, 0.2) is 0 Å². The second-order valence-electron chi connectivity index (χ2n) is 4.51. The standard InChI is InChI=1S/C14H23NO2/c1-12(2)15-10-4-3-5-11-17-14-8-6-13(16)7-9-14/h6-9,12,15-16H,3-5,10-11H2,1-2H3. The molecule has 96 valence electrons. The number of hydrogen-bond donors (Lipinski definition) is 2. The van der Waals surface area contributed by atoms with E-state index in [2.05, 4.69) is 19.2 Å². The summed E-state index contributed by atoms with van der Waals surface area (Å²) >= 11 is 0. The maximum Gasteiger partial charge on any atom is 0.119 e. The lowest BCUT2D eigenvalue weighted by Gasteiger charge is -2.08. The van der Waals surface area contributed by atoms with E-state index in [4.69, 9.17) is 9.84 Å². The first-order valence-corrected chi connectivity index (χ1v) is 6.33. The monoisotopic (exact) mass is 237 g/mol. The van der Waals surface area contributed by atoms with Crippen molar-refractivity contribution >= 4 is 0 Å². The third kappa shape index (κ3) is 6.84. The van der Waals surface area contributed by atoms with E-state index in [1.54, 1.807) is 24.3 Å². The van der Waals surface area contributed by atoms with Gasteiger partial charge in [-0.1, -0.05) is 13.8 Å². The van der Waals surface area contributed by atoms with Crippen molar-refractivity contribution in [3.63, 3.8) is 0 Å². The number of unbranched alkanes of at least 4 members (excludes halogenated alkanes) is 2. The fraction of sp³-hybridized carbons (Fsp3) is 0.571. The number of aromatic hydroxyl groups is 1. The highest BCUT2D eigenvalue weighted by Gasteiger charge is 1.95. The molecule has 0 radical (unpaired) electrons. The predicted octanol–water partition coefficient (Wildman–Crippen LogP) is 2.94. The van der Waals surface area contributed by atoms with Crippen molar-refractivity contribution in [3.05, 3.63) is 24.3 Å². The van der Waals surface area contributed by atoms with Gasteiger partial charge in [0.25, 0.3) is 0 Å². The van der Waals surface area contributed by atoms with Crippen LogP contribution < -0.4 is 10.1 Å². The molecule has 0 spiro atoms. The van der Waals surface area contributed by atoms with Crippen molar-refractivity contribution in [2.75, 3.05) is 13.2 Å². The van der Waals surface area contributed by atoms with E-state index in [0.29, 0.717) is 6.04 Å². The van der Waals surface area contributed by atoms with E-state index in [1.165, 1.54) is 12.8 Å². The van der Waals surface area contributed by atoms with Gasteiger partial charge < -0.3 is 15.2 Å². The predicted molar refractivity (Wildman–Crippen MR) is 70.6 cm³/mol. The molecule has 3 heteroatoms. The molecule has 0 heterocycles. The fourth-order valence-corrected chi connectivity index (χ4v) is 1.53. The Morgan fingerprint density at radius 1 is 1.12 bits per heavy atom. The molecule has 0 fully saturated rings. The van der Waals surface area contributed by atoms with Crippen molar-refractivity contribution in [3.8, 4) is 11.5 Å². The molecule has 0 amide bonds. The number of ether oxygens (including phenoxy) is 1. The van der Waals surface area contributed by atoms with E-state index in [-0.39, 0.29) is 5.75 Å².